The summed E-state index contributed by atoms with van der Waals surface area (Å²) in [5, 5.41) is 10.6. The zero-order valence-electron chi connectivity index (χ0n) is 23.3. The van der Waals surface area contributed by atoms with Crippen LogP contribution < -0.4 is 25.6 Å². The highest BCUT2D eigenvalue weighted by Crippen LogP contribution is 2.38. The highest BCUT2D eigenvalue weighted by Gasteiger charge is 2.25. The van der Waals surface area contributed by atoms with Gasteiger partial charge in [0.2, 0.25) is 5.95 Å². The number of fused-ring (bicyclic) bond motifs is 1. The lowest BCUT2D eigenvalue weighted by atomic mass is 10.0. The minimum atomic E-state index is -0.293. The van der Waals surface area contributed by atoms with Crippen LogP contribution in [0, 0.1) is 5.82 Å². The molecule has 2 aliphatic heterocycles. The number of aromatic nitrogens is 2. The molecule has 3 heterocycles. The summed E-state index contributed by atoms with van der Waals surface area (Å²) in [6.07, 6.45) is 2.83. The number of para-hydroxylation sites is 1. The molecule has 0 bridgehead atoms. The zero-order valence-corrected chi connectivity index (χ0v) is 24.2. The third-order valence-corrected chi connectivity index (χ3v) is 8.31. The molecule has 5 rings (SSSR count). The summed E-state index contributed by atoms with van der Waals surface area (Å²) in [4.78, 5) is 15.0. The number of nitrogens with one attached hydrogen (secondary N) is 3. The first-order valence-corrected chi connectivity index (χ1v) is 14.4. The molecule has 0 amide bonds. The van der Waals surface area contributed by atoms with Crippen molar-refractivity contribution in [2.24, 2.45) is 0 Å². The summed E-state index contributed by atoms with van der Waals surface area (Å²) in [6, 6.07) is 12.0. The van der Waals surface area contributed by atoms with Gasteiger partial charge in [-0.05, 0) is 45.5 Å². The van der Waals surface area contributed by atoms with Crippen molar-refractivity contribution in [2.75, 3.05) is 61.7 Å². The van der Waals surface area contributed by atoms with E-state index < -0.39 is 0 Å². The van der Waals surface area contributed by atoms with Crippen LogP contribution in [0.2, 0.25) is 0 Å². The lowest BCUT2D eigenvalue weighted by molar-refractivity contribution is 0.249. The summed E-state index contributed by atoms with van der Waals surface area (Å²) in [7, 11) is 5.80. The molecule has 0 aliphatic carbocycles. The van der Waals surface area contributed by atoms with Crippen LogP contribution in [-0.2, 0) is 6.42 Å². The first kappa shape index (κ1) is 27.3. The molecule has 2 aromatic carbocycles. The predicted molar refractivity (Wildman–Crippen MR) is 160 cm³/mol. The maximum atomic E-state index is 15.4. The van der Waals surface area contributed by atoms with E-state index in [2.05, 4.69) is 65.8 Å². The van der Waals surface area contributed by atoms with Crippen molar-refractivity contribution >= 4 is 46.4 Å². The van der Waals surface area contributed by atoms with Gasteiger partial charge in [-0.3, -0.25) is 0 Å². The molecule has 208 valence electrons. The Balaban J connectivity index is 1.41. The highest BCUT2D eigenvalue weighted by atomic mass is 32.2. The van der Waals surface area contributed by atoms with E-state index in [0.717, 1.165) is 66.7 Å². The van der Waals surface area contributed by atoms with Gasteiger partial charge in [-0.1, -0.05) is 26.0 Å². The molecule has 1 saturated heterocycles. The Labute approximate surface area is 234 Å². The predicted octanol–water partition coefficient (Wildman–Crippen LogP) is 6.11. The SMILES string of the molecule is COc1cc(N2CCC(N(C)C)CC2)c(F)cc1Nc1nc2c(c(Nc3ccccc3SC(C)C)n1)CCN2. The number of halogens is 1. The Morgan fingerprint density at radius 2 is 1.87 bits per heavy atom. The van der Waals surface area contributed by atoms with Gasteiger partial charge in [0.05, 0.1) is 24.2 Å². The first-order chi connectivity index (χ1) is 18.8. The minimum absolute atomic E-state index is 0.293. The van der Waals surface area contributed by atoms with Gasteiger partial charge in [0, 0.05) is 53.5 Å². The second-order valence-corrected chi connectivity index (χ2v) is 12.1. The van der Waals surface area contributed by atoms with Gasteiger partial charge in [-0.25, -0.2) is 4.39 Å². The van der Waals surface area contributed by atoms with Crippen LogP contribution in [0.3, 0.4) is 0 Å². The van der Waals surface area contributed by atoms with Crippen LogP contribution >= 0.6 is 11.8 Å². The quantitative estimate of drug-likeness (QED) is 0.273. The van der Waals surface area contributed by atoms with Crippen LogP contribution in [0.15, 0.2) is 41.3 Å². The van der Waals surface area contributed by atoms with Crippen molar-refractivity contribution in [1.29, 1.82) is 0 Å². The number of ether oxygens (including phenoxy) is 1. The Kier molecular flexibility index (Phi) is 8.32. The molecule has 10 heteroatoms. The third kappa shape index (κ3) is 6.17. The van der Waals surface area contributed by atoms with Gasteiger partial charge in [-0.15, -0.1) is 11.8 Å². The maximum absolute atomic E-state index is 15.4. The zero-order chi connectivity index (χ0) is 27.5. The molecule has 1 fully saturated rings. The topological polar surface area (TPSA) is 77.6 Å². The summed E-state index contributed by atoms with van der Waals surface area (Å²) < 4.78 is 21.1. The largest absolute Gasteiger partial charge is 0.494 e. The van der Waals surface area contributed by atoms with Crippen molar-refractivity contribution in [3.63, 3.8) is 0 Å². The third-order valence-electron chi connectivity index (χ3n) is 7.23. The van der Waals surface area contributed by atoms with Crippen LogP contribution in [0.4, 0.5) is 39.0 Å². The van der Waals surface area contributed by atoms with E-state index in [1.54, 1.807) is 24.9 Å². The number of thioether (sulfide) groups is 1. The Bertz CT molecular complexity index is 1310. The Morgan fingerprint density at radius 3 is 2.59 bits per heavy atom. The summed E-state index contributed by atoms with van der Waals surface area (Å²) in [5.74, 6) is 2.15. The molecule has 3 aromatic rings. The van der Waals surface area contributed by atoms with Gasteiger partial charge in [0.1, 0.15) is 23.2 Å². The molecule has 0 radical (unpaired) electrons. The molecular formula is C29H38FN7OS. The number of anilines is 6. The van der Waals surface area contributed by atoms with E-state index in [9.17, 15) is 0 Å². The van der Waals surface area contributed by atoms with Crippen molar-refractivity contribution in [3.05, 3.63) is 47.8 Å². The Morgan fingerprint density at radius 1 is 1.10 bits per heavy atom. The van der Waals surface area contributed by atoms with E-state index in [1.807, 2.05) is 12.1 Å². The van der Waals surface area contributed by atoms with Gasteiger partial charge < -0.3 is 30.5 Å². The standard InChI is InChI=1S/C29H38FN7OS/c1-18(2)39-26-9-7-6-8-22(26)32-28-20-10-13-31-27(20)34-29(35-28)33-23-16-21(30)24(17-25(23)38-5)37-14-11-19(12-15-37)36(3)4/h6-9,16-19H,10-15H2,1-5H3,(H3,31,32,33,34,35). The number of rotatable bonds is 9. The van der Waals surface area contributed by atoms with Gasteiger partial charge in [0.25, 0.3) is 0 Å². The van der Waals surface area contributed by atoms with Crippen LogP contribution in [0.1, 0.15) is 32.3 Å². The molecule has 0 spiro atoms. The average Bonchev–Trinajstić information content (AvgIpc) is 3.39. The molecule has 0 saturated carbocycles. The normalized spacial score (nSPS) is 15.4. The minimum Gasteiger partial charge on any atom is -0.494 e. The second-order valence-electron chi connectivity index (χ2n) is 10.5. The number of benzene rings is 2. The summed E-state index contributed by atoms with van der Waals surface area (Å²) in [6.45, 7) is 6.77. The second kappa shape index (κ2) is 11.9. The van der Waals surface area contributed by atoms with Crippen LogP contribution in [0.25, 0.3) is 0 Å². The summed E-state index contributed by atoms with van der Waals surface area (Å²) in [5.41, 5.74) is 3.09. The number of piperidine rings is 1. The van der Waals surface area contributed by atoms with E-state index in [0.29, 0.717) is 34.4 Å². The summed E-state index contributed by atoms with van der Waals surface area (Å²) >= 11 is 1.80. The lowest BCUT2D eigenvalue weighted by Crippen LogP contribution is -2.42. The van der Waals surface area contributed by atoms with Crippen LogP contribution in [0.5, 0.6) is 5.75 Å². The molecule has 0 atom stereocenters. The monoisotopic (exact) mass is 551 g/mol. The number of nitrogens with zero attached hydrogens (tertiary/aromatic N) is 4. The van der Waals surface area contributed by atoms with E-state index in [1.165, 1.54) is 6.07 Å². The molecule has 1 aromatic heterocycles. The van der Waals surface area contributed by atoms with Crippen molar-refractivity contribution in [1.82, 2.24) is 14.9 Å². The molecular weight excluding hydrogens is 513 g/mol. The van der Waals surface area contributed by atoms with Crippen molar-refractivity contribution < 1.29 is 9.13 Å². The number of hydrogen-bond acceptors (Lipinski definition) is 9. The van der Waals surface area contributed by atoms with Crippen LogP contribution in [-0.4, -0.2) is 67.0 Å². The van der Waals surface area contributed by atoms with E-state index in [4.69, 9.17) is 14.7 Å². The molecule has 2 aliphatic rings. The van der Waals surface area contributed by atoms with E-state index in [-0.39, 0.29) is 5.82 Å². The van der Waals surface area contributed by atoms with Gasteiger partial charge >= 0.3 is 0 Å². The highest BCUT2D eigenvalue weighted by molar-refractivity contribution is 8.00. The average molecular weight is 552 g/mol. The fourth-order valence-electron chi connectivity index (χ4n) is 5.18. The maximum Gasteiger partial charge on any atom is 0.231 e. The van der Waals surface area contributed by atoms with Gasteiger partial charge in [0.15, 0.2) is 0 Å². The first-order valence-electron chi connectivity index (χ1n) is 13.6. The molecule has 8 nitrogen and oxygen atoms in total. The fourth-order valence-corrected chi connectivity index (χ4v) is 6.09. The Hall–Kier alpha value is -3.24. The number of methoxy groups -OCH3 is 1. The fraction of sp³-hybridized carbons (Fsp3) is 0.448. The molecule has 3 N–H and O–H groups in total. The number of hydrogen-bond donors (Lipinski definition) is 3. The molecule has 0 unspecified atom stereocenters. The smallest absolute Gasteiger partial charge is 0.231 e. The molecule has 39 heavy (non-hydrogen) atoms. The van der Waals surface area contributed by atoms with Gasteiger partial charge in [-0.2, -0.15) is 9.97 Å². The lowest BCUT2D eigenvalue weighted by Gasteiger charge is -2.36. The van der Waals surface area contributed by atoms with E-state index >= 15 is 4.39 Å². The van der Waals surface area contributed by atoms with Crippen molar-refractivity contribution in [3.8, 4) is 5.75 Å². The van der Waals surface area contributed by atoms with Crippen molar-refractivity contribution in [2.45, 2.75) is 49.3 Å².